The van der Waals surface area contributed by atoms with Gasteiger partial charge in [-0.3, -0.25) is 4.90 Å². The van der Waals surface area contributed by atoms with Crippen LogP contribution < -0.4 is 9.47 Å². The van der Waals surface area contributed by atoms with Gasteiger partial charge >= 0.3 is 0 Å². The smallest absolute Gasteiger partial charge is 0.200 e. The molecule has 3 heterocycles. The summed E-state index contributed by atoms with van der Waals surface area (Å²) < 4.78 is 16.3. The van der Waals surface area contributed by atoms with E-state index in [4.69, 9.17) is 14.0 Å². The van der Waals surface area contributed by atoms with Crippen molar-refractivity contribution in [1.29, 1.82) is 0 Å². The Morgan fingerprint density at radius 2 is 1.97 bits per heavy atom. The second-order valence-corrected chi connectivity index (χ2v) is 8.23. The molecule has 7 heteroatoms. The molecule has 1 unspecified atom stereocenters. The lowest BCUT2D eigenvalue weighted by atomic mass is 10.0. The molecule has 0 bridgehead atoms. The van der Waals surface area contributed by atoms with Crippen LogP contribution in [-0.4, -0.2) is 35.9 Å². The molecule has 0 amide bonds. The summed E-state index contributed by atoms with van der Waals surface area (Å²) >= 11 is 1.65. The third kappa shape index (κ3) is 4.26. The maximum atomic E-state index is 10.2. The summed E-state index contributed by atoms with van der Waals surface area (Å²) in [5.74, 6) is 1.70. The minimum atomic E-state index is 0.0308. The minimum absolute atomic E-state index is 0.0308. The number of phenolic OH excluding ortho intramolecular Hbond substituents is 1. The highest BCUT2D eigenvalue weighted by Gasteiger charge is 2.27. The van der Waals surface area contributed by atoms with Crippen LogP contribution in [0.4, 0.5) is 0 Å². The van der Waals surface area contributed by atoms with Crippen LogP contribution in [0.1, 0.15) is 43.0 Å². The number of aromatic hydroxyl groups is 1. The van der Waals surface area contributed by atoms with Crippen LogP contribution in [0, 0.1) is 0 Å². The highest BCUT2D eigenvalue weighted by atomic mass is 32.1. The summed E-state index contributed by atoms with van der Waals surface area (Å²) in [7, 11) is 3.10. The van der Waals surface area contributed by atoms with E-state index in [0.29, 0.717) is 11.5 Å². The molecule has 1 aromatic carbocycles. The van der Waals surface area contributed by atoms with Crippen molar-refractivity contribution in [3.63, 3.8) is 0 Å². The molecule has 29 heavy (non-hydrogen) atoms. The summed E-state index contributed by atoms with van der Waals surface area (Å²) in [6, 6.07) is 10.1. The van der Waals surface area contributed by atoms with E-state index in [1.807, 2.05) is 23.6 Å². The quantitative estimate of drug-likeness (QED) is 0.595. The number of aromatic nitrogens is 1. The van der Waals surface area contributed by atoms with Gasteiger partial charge in [0.2, 0.25) is 5.75 Å². The minimum Gasteiger partial charge on any atom is -0.502 e. The lowest BCUT2D eigenvalue weighted by molar-refractivity contribution is 0.183. The fraction of sp³-hybridized carbons (Fsp3) is 0.409. The van der Waals surface area contributed by atoms with Crippen LogP contribution in [0.15, 0.2) is 40.2 Å². The van der Waals surface area contributed by atoms with Gasteiger partial charge in [0.15, 0.2) is 17.3 Å². The van der Waals surface area contributed by atoms with Crippen LogP contribution in [0.2, 0.25) is 0 Å². The number of benzene rings is 1. The van der Waals surface area contributed by atoms with Crippen LogP contribution in [0.5, 0.6) is 17.2 Å². The first kappa shape index (κ1) is 19.8. The molecule has 1 aliphatic heterocycles. The average Bonchev–Trinajstić information content (AvgIpc) is 3.38. The molecule has 2 aromatic heterocycles. The van der Waals surface area contributed by atoms with Crippen LogP contribution in [-0.2, 0) is 6.54 Å². The van der Waals surface area contributed by atoms with Gasteiger partial charge in [0.05, 0.1) is 25.1 Å². The van der Waals surface area contributed by atoms with Crippen molar-refractivity contribution in [3.8, 4) is 27.9 Å². The normalized spacial score (nSPS) is 17.8. The first-order valence-electron chi connectivity index (χ1n) is 9.88. The molecule has 0 aliphatic carbocycles. The van der Waals surface area contributed by atoms with Gasteiger partial charge < -0.3 is 19.1 Å². The number of rotatable bonds is 6. The summed E-state index contributed by atoms with van der Waals surface area (Å²) in [6.45, 7) is 1.70. The molecule has 0 saturated carbocycles. The van der Waals surface area contributed by atoms with Crippen molar-refractivity contribution in [1.82, 2.24) is 10.1 Å². The van der Waals surface area contributed by atoms with E-state index in [1.165, 1.54) is 12.8 Å². The number of likely N-dealkylation sites (tertiary alicyclic amines) is 1. The summed E-state index contributed by atoms with van der Waals surface area (Å²) in [5, 5.41) is 16.7. The van der Waals surface area contributed by atoms with E-state index in [9.17, 15) is 5.11 Å². The zero-order valence-corrected chi connectivity index (χ0v) is 17.6. The fourth-order valence-corrected chi connectivity index (χ4v) is 4.62. The van der Waals surface area contributed by atoms with Gasteiger partial charge in [-0.15, -0.1) is 11.3 Å². The number of ether oxygens (including phenoxy) is 2. The zero-order chi connectivity index (χ0) is 20.2. The van der Waals surface area contributed by atoms with Crippen molar-refractivity contribution in [3.05, 3.63) is 47.0 Å². The summed E-state index contributed by atoms with van der Waals surface area (Å²) in [6.07, 6.45) is 4.58. The Kier molecular flexibility index (Phi) is 6.06. The molecular formula is C22H26N2O4S. The van der Waals surface area contributed by atoms with Crippen LogP contribution >= 0.6 is 11.3 Å². The van der Waals surface area contributed by atoms with Gasteiger partial charge in [0.25, 0.3) is 0 Å². The predicted molar refractivity (Wildman–Crippen MR) is 113 cm³/mol. The molecule has 1 atom stereocenters. The third-order valence-electron chi connectivity index (χ3n) is 5.42. The van der Waals surface area contributed by atoms with E-state index in [1.54, 1.807) is 25.6 Å². The molecule has 154 valence electrons. The first-order valence-corrected chi connectivity index (χ1v) is 10.8. The average molecular weight is 415 g/mol. The van der Waals surface area contributed by atoms with E-state index in [2.05, 4.69) is 22.2 Å². The van der Waals surface area contributed by atoms with Crippen molar-refractivity contribution in [2.24, 2.45) is 0 Å². The van der Waals surface area contributed by atoms with Crippen LogP contribution in [0.25, 0.3) is 10.6 Å². The Labute approximate surface area is 174 Å². The van der Waals surface area contributed by atoms with Gasteiger partial charge in [-0.1, -0.05) is 24.1 Å². The second-order valence-electron chi connectivity index (χ2n) is 7.28. The Morgan fingerprint density at radius 3 is 2.66 bits per heavy atom. The molecule has 0 spiro atoms. The summed E-state index contributed by atoms with van der Waals surface area (Å²) in [4.78, 5) is 3.53. The Morgan fingerprint density at radius 1 is 1.17 bits per heavy atom. The molecule has 1 N–H and O–H groups in total. The van der Waals surface area contributed by atoms with Crippen molar-refractivity contribution >= 4 is 11.3 Å². The van der Waals surface area contributed by atoms with Gasteiger partial charge in [0.1, 0.15) is 5.69 Å². The predicted octanol–water partition coefficient (Wildman–Crippen LogP) is 5.24. The number of phenols is 1. The van der Waals surface area contributed by atoms with Gasteiger partial charge in [0, 0.05) is 12.6 Å². The molecule has 1 fully saturated rings. The number of nitrogens with zero attached hydrogens (tertiary/aromatic N) is 2. The number of thiophene rings is 1. The number of hydrogen-bond acceptors (Lipinski definition) is 7. The fourth-order valence-electron chi connectivity index (χ4n) is 3.95. The van der Waals surface area contributed by atoms with Crippen molar-refractivity contribution in [2.45, 2.75) is 38.3 Å². The molecule has 3 aromatic rings. The van der Waals surface area contributed by atoms with Crippen LogP contribution in [0.3, 0.4) is 0 Å². The Bertz CT molecular complexity index is 913. The molecule has 6 nitrogen and oxygen atoms in total. The standard InChI is InChI=1S/C22H26N2O4S/c1-26-19-11-15(12-20(27-2)22(19)25)14-24-9-5-3-4-7-17(24)16-13-18(28-23-16)21-8-6-10-29-21/h6,8,10-13,17,25H,3-5,7,9,14H2,1-2H3. The SMILES string of the molecule is COc1cc(CN2CCCCCC2c2cc(-c3cccs3)on2)cc(OC)c1O. The monoisotopic (exact) mass is 414 g/mol. The highest BCUT2D eigenvalue weighted by molar-refractivity contribution is 7.13. The van der Waals surface area contributed by atoms with Gasteiger partial charge in [-0.2, -0.15) is 0 Å². The molecule has 1 saturated heterocycles. The molecule has 0 radical (unpaired) electrons. The van der Waals surface area contributed by atoms with E-state index >= 15 is 0 Å². The van der Waals surface area contributed by atoms with E-state index in [-0.39, 0.29) is 11.8 Å². The number of hydrogen-bond donors (Lipinski definition) is 1. The summed E-state index contributed by atoms with van der Waals surface area (Å²) in [5.41, 5.74) is 2.01. The van der Waals surface area contributed by atoms with E-state index in [0.717, 1.165) is 47.8 Å². The van der Waals surface area contributed by atoms with Crippen molar-refractivity contribution < 1.29 is 19.1 Å². The molecular weight excluding hydrogens is 388 g/mol. The lowest BCUT2D eigenvalue weighted by Gasteiger charge is -2.28. The first-order chi connectivity index (χ1) is 14.2. The lowest BCUT2D eigenvalue weighted by Crippen LogP contribution is -2.28. The largest absolute Gasteiger partial charge is 0.502 e. The third-order valence-corrected chi connectivity index (χ3v) is 6.31. The highest BCUT2D eigenvalue weighted by Crippen LogP contribution is 2.39. The molecule has 1 aliphatic rings. The Balaban J connectivity index is 1.61. The van der Waals surface area contributed by atoms with Gasteiger partial charge in [-0.05, 0) is 48.5 Å². The topological polar surface area (TPSA) is 68.0 Å². The number of methoxy groups -OCH3 is 2. The Hall–Kier alpha value is -2.51. The molecule has 4 rings (SSSR count). The maximum Gasteiger partial charge on any atom is 0.200 e. The van der Waals surface area contributed by atoms with E-state index < -0.39 is 0 Å². The van der Waals surface area contributed by atoms with Crippen molar-refractivity contribution in [2.75, 3.05) is 20.8 Å². The maximum absolute atomic E-state index is 10.2. The zero-order valence-electron chi connectivity index (χ0n) is 16.8. The van der Waals surface area contributed by atoms with Gasteiger partial charge in [-0.25, -0.2) is 0 Å². The second kappa shape index (κ2) is 8.88.